The summed E-state index contributed by atoms with van der Waals surface area (Å²) >= 11 is 0. The minimum absolute atomic E-state index is 0.268. The van der Waals surface area contributed by atoms with Crippen molar-refractivity contribution in [2.75, 3.05) is 27.5 Å². The maximum absolute atomic E-state index is 12.5. The third-order valence-corrected chi connectivity index (χ3v) is 5.44. The maximum atomic E-state index is 12.5. The first-order chi connectivity index (χ1) is 12.0. The molecule has 0 amide bonds. The van der Waals surface area contributed by atoms with Crippen molar-refractivity contribution < 1.29 is 27.9 Å². The molecule has 140 valence electrons. The molecule has 0 heterocycles. The van der Waals surface area contributed by atoms with Crippen LogP contribution in [0.2, 0.25) is 0 Å². The van der Waals surface area contributed by atoms with E-state index in [1.54, 1.807) is 7.11 Å². The molecule has 0 saturated carbocycles. The number of carbonyl (C=O) groups excluding carboxylic acids is 1. The first-order valence-corrected chi connectivity index (χ1v) is 9.83. The predicted octanol–water partition coefficient (Wildman–Crippen LogP) is 3.99. The number of Topliss-reactive ketones (excluding diaryl/α,β-unsaturated/α-hetero) is 1. The second-order valence-electron chi connectivity index (χ2n) is 5.36. The summed E-state index contributed by atoms with van der Waals surface area (Å²) < 4.78 is 32.8. The molecule has 1 atom stereocenters. The van der Waals surface area contributed by atoms with E-state index in [2.05, 4.69) is 0 Å². The molecular weight excluding hydrogens is 343 g/mol. The smallest absolute Gasteiger partial charge is 0.337 e. The summed E-state index contributed by atoms with van der Waals surface area (Å²) in [6.45, 7) is 2.28. The van der Waals surface area contributed by atoms with Crippen LogP contribution in [-0.2, 0) is 29.8 Å². The third-order valence-electron chi connectivity index (χ3n) is 3.63. The quantitative estimate of drug-likeness (QED) is 0.409. The van der Waals surface area contributed by atoms with E-state index >= 15 is 0 Å². The van der Waals surface area contributed by atoms with Gasteiger partial charge >= 0.3 is 7.60 Å². The highest BCUT2D eigenvalue weighted by atomic mass is 31.2. The van der Waals surface area contributed by atoms with Gasteiger partial charge in [0, 0.05) is 14.2 Å². The van der Waals surface area contributed by atoms with Crippen molar-refractivity contribution in [3.8, 4) is 5.75 Å². The van der Waals surface area contributed by atoms with Crippen LogP contribution in [0.25, 0.3) is 0 Å². The average molecular weight is 370 g/mol. The number of rotatable bonds is 12. The minimum Gasteiger partial charge on any atom is -0.497 e. The van der Waals surface area contributed by atoms with Gasteiger partial charge in [0.15, 0.2) is 5.78 Å². The van der Waals surface area contributed by atoms with Crippen molar-refractivity contribution >= 4 is 13.4 Å². The number of ketones is 1. The molecule has 0 unspecified atom stereocenters. The van der Waals surface area contributed by atoms with E-state index in [0.717, 1.165) is 17.7 Å². The molecule has 0 spiro atoms. The Bertz CT molecular complexity index is 588. The monoisotopic (exact) mass is 370 g/mol. The first-order valence-electron chi connectivity index (χ1n) is 8.10. The Morgan fingerprint density at radius 3 is 2.28 bits per heavy atom. The standard InChI is InChI=1S/C18H27O6P/c1-5-6-7-8-18(17(19)14-25(20,22-3)23-4)24-13-15-9-11-16(21-2)12-10-15/h6-7,9-12,18H,5,8,13-14H2,1-4H3/b7-6-/t18-/m0/s1. The summed E-state index contributed by atoms with van der Waals surface area (Å²) in [5.74, 6) is 0.449. The van der Waals surface area contributed by atoms with Crippen LogP contribution < -0.4 is 4.74 Å². The van der Waals surface area contributed by atoms with Crippen molar-refractivity contribution in [1.29, 1.82) is 0 Å². The SMILES string of the molecule is CC/C=C\C[C@H](OCc1ccc(OC)cc1)C(=O)CP(=O)(OC)OC. The molecule has 0 aliphatic rings. The number of methoxy groups -OCH3 is 1. The van der Waals surface area contributed by atoms with Crippen LogP contribution in [0.1, 0.15) is 25.3 Å². The molecule has 0 fully saturated rings. The molecular formula is C18H27O6P. The summed E-state index contributed by atoms with van der Waals surface area (Å²) in [7, 11) is 0.726. The Morgan fingerprint density at radius 2 is 1.76 bits per heavy atom. The average Bonchev–Trinajstić information content (AvgIpc) is 2.64. The van der Waals surface area contributed by atoms with Gasteiger partial charge in [-0.05, 0) is 30.5 Å². The lowest BCUT2D eigenvalue weighted by Crippen LogP contribution is -2.27. The molecule has 25 heavy (non-hydrogen) atoms. The van der Waals surface area contributed by atoms with E-state index in [1.165, 1.54) is 14.2 Å². The van der Waals surface area contributed by atoms with Gasteiger partial charge in [-0.25, -0.2) is 0 Å². The number of allylic oxidation sites excluding steroid dienone is 1. The summed E-state index contributed by atoms with van der Waals surface area (Å²) in [4.78, 5) is 12.5. The Morgan fingerprint density at radius 1 is 1.12 bits per heavy atom. The van der Waals surface area contributed by atoms with E-state index in [0.29, 0.717) is 6.42 Å². The van der Waals surface area contributed by atoms with Crippen LogP contribution >= 0.6 is 7.60 Å². The zero-order valence-corrected chi connectivity index (χ0v) is 16.2. The lowest BCUT2D eigenvalue weighted by atomic mass is 10.1. The number of hydrogen-bond donors (Lipinski definition) is 0. The molecule has 0 aliphatic carbocycles. The molecule has 1 aromatic rings. The van der Waals surface area contributed by atoms with Gasteiger partial charge in [0.2, 0.25) is 0 Å². The fourth-order valence-corrected chi connectivity index (χ4v) is 3.09. The highest BCUT2D eigenvalue weighted by Gasteiger charge is 2.30. The number of carbonyl (C=O) groups is 1. The highest BCUT2D eigenvalue weighted by Crippen LogP contribution is 2.46. The van der Waals surface area contributed by atoms with Gasteiger partial charge in [-0.15, -0.1) is 0 Å². The second-order valence-corrected chi connectivity index (χ2v) is 7.63. The summed E-state index contributed by atoms with van der Waals surface area (Å²) in [5, 5.41) is 0. The molecule has 7 heteroatoms. The molecule has 0 aromatic heterocycles. The van der Waals surface area contributed by atoms with Crippen LogP contribution in [0.4, 0.5) is 0 Å². The highest BCUT2D eigenvalue weighted by molar-refractivity contribution is 7.54. The van der Waals surface area contributed by atoms with Crippen LogP contribution in [0.5, 0.6) is 5.75 Å². The molecule has 0 aliphatic heterocycles. The van der Waals surface area contributed by atoms with Gasteiger partial charge in [-0.2, -0.15) is 0 Å². The third kappa shape index (κ3) is 7.53. The van der Waals surface area contributed by atoms with Crippen LogP contribution in [0.15, 0.2) is 36.4 Å². The summed E-state index contributed by atoms with van der Waals surface area (Å²) in [5.41, 5.74) is 0.916. The minimum atomic E-state index is -3.41. The Balaban J connectivity index is 2.75. The lowest BCUT2D eigenvalue weighted by molar-refractivity contribution is -0.128. The van der Waals surface area contributed by atoms with Crippen molar-refractivity contribution in [3.05, 3.63) is 42.0 Å². The van der Waals surface area contributed by atoms with Gasteiger partial charge in [0.05, 0.1) is 13.7 Å². The van der Waals surface area contributed by atoms with Gasteiger partial charge in [-0.3, -0.25) is 9.36 Å². The second kappa shape index (κ2) is 11.2. The largest absolute Gasteiger partial charge is 0.497 e. The zero-order valence-electron chi connectivity index (χ0n) is 15.3. The van der Waals surface area contributed by atoms with E-state index < -0.39 is 13.7 Å². The van der Waals surface area contributed by atoms with Crippen molar-refractivity contribution in [3.63, 3.8) is 0 Å². The Kier molecular flexibility index (Phi) is 9.68. The molecule has 1 aromatic carbocycles. The maximum Gasteiger partial charge on any atom is 0.337 e. The Hall–Kier alpha value is -1.46. The molecule has 6 nitrogen and oxygen atoms in total. The van der Waals surface area contributed by atoms with Gasteiger partial charge in [-0.1, -0.05) is 31.2 Å². The molecule has 0 bridgehead atoms. The summed E-state index contributed by atoms with van der Waals surface area (Å²) in [6, 6.07) is 7.40. The predicted molar refractivity (Wildman–Crippen MR) is 97.1 cm³/mol. The molecule has 0 saturated heterocycles. The van der Waals surface area contributed by atoms with E-state index in [4.69, 9.17) is 18.5 Å². The van der Waals surface area contributed by atoms with Gasteiger partial charge in [0.1, 0.15) is 18.0 Å². The van der Waals surface area contributed by atoms with Crippen LogP contribution in [-0.4, -0.2) is 39.4 Å². The van der Waals surface area contributed by atoms with Gasteiger partial charge < -0.3 is 18.5 Å². The number of ether oxygens (including phenoxy) is 2. The van der Waals surface area contributed by atoms with Crippen LogP contribution in [0, 0.1) is 0 Å². The summed E-state index contributed by atoms with van der Waals surface area (Å²) in [6.07, 6.45) is 4.12. The number of benzene rings is 1. The van der Waals surface area contributed by atoms with Gasteiger partial charge in [0.25, 0.3) is 0 Å². The van der Waals surface area contributed by atoms with E-state index in [1.807, 2.05) is 43.3 Å². The van der Waals surface area contributed by atoms with Crippen molar-refractivity contribution in [2.45, 2.75) is 32.5 Å². The molecule has 0 radical (unpaired) electrons. The van der Waals surface area contributed by atoms with E-state index in [9.17, 15) is 9.36 Å². The molecule has 1 rings (SSSR count). The Labute approximate surface area is 149 Å². The van der Waals surface area contributed by atoms with Crippen molar-refractivity contribution in [2.24, 2.45) is 0 Å². The normalized spacial score (nSPS) is 13.1. The van der Waals surface area contributed by atoms with E-state index in [-0.39, 0.29) is 18.6 Å². The molecule has 0 N–H and O–H groups in total. The zero-order chi connectivity index (χ0) is 18.7. The fourth-order valence-electron chi connectivity index (χ4n) is 2.09. The van der Waals surface area contributed by atoms with Crippen LogP contribution in [0.3, 0.4) is 0 Å². The fraction of sp³-hybridized carbons (Fsp3) is 0.500. The number of hydrogen-bond acceptors (Lipinski definition) is 6. The topological polar surface area (TPSA) is 71.1 Å². The van der Waals surface area contributed by atoms with Crippen molar-refractivity contribution in [1.82, 2.24) is 0 Å². The first kappa shape index (κ1) is 21.6. The lowest BCUT2D eigenvalue weighted by Gasteiger charge is -2.18.